The van der Waals surface area contributed by atoms with Crippen LogP contribution in [0.5, 0.6) is 0 Å². The first-order valence-corrected chi connectivity index (χ1v) is 12.5. The van der Waals surface area contributed by atoms with E-state index >= 15 is 0 Å². The number of para-hydroxylation sites is 1. The summed E-state index contributed by atoms with van der Waals surface area (Å²) in [6.45, 7) is 1.60. The van der Waals surface area contributed by atoms with Crippen LogP contribution in [0.15, 0.2) is 77.3 Å². The van der Waals surface area contributed by atoms with E-state index in [2.05, 4.69) is 33.4 Å². The maximum Gasteiger partial charge on any atom is 0.339 e. The van der Waals surface area contributed by atoms with Gasteiger partial charge in [-0.05, 0) is 82.9 Å². The van der Waals surface area contributed by atoms with E-state index in [0.717, 1.165) is 45.0 Å². The molecule has 176 valence electrons. The number of pyridine rings is 1. The predicted octanol–water partition coefficient (Wildman–Crippen LogP) is 6.37. The molecule has 0 saturated heterocycles. The van der Waals surface area contributed by atoms with Crippen LogP contribution in [-0.2, 0) is 22.4 Å². The molecular formula is C29H25BrN2O3. The normalized spacial score (nSPS) is 14.9. The summed E-state index contributed by atoms with van der Waals surface area (Å²) in [5, 5.41) is 3.55. The van der Waals surface area contributed by atoms with Gasteiger partial charge >= 0.3 is 5.97 Å². The highest BCUT2D eigenvalue weighted by Crippen LogP contribution is 2.36. The maximum atomic E-state index is 13.4. The van der Waals surface area contributed by atoms with E-state index < -0.39 is 11.9 Å². The molecule has 1 heterocycles. The average molecular weight is 529 g/mol. The minimum atomic E-state index is -0.494. The summed E-state index contributed by atoms with van der Waals surface area (Å²) < 4.78 is 6.32. The number of hydrogen-bond acceptors (Lipinski definition) is 4. The summed E-state index contributed by atoms with van der Waals surface area (Å²) in [6, 6.07) is 23.6. The molecule has 5 rings (SSSR count). The van der Waals surface area contributed by atoms with Gasteiger partial charge in [-0.15, -0.1) is 0 Å². The van der Waals surface area contributed by atoms with Crippen LogP contribution in [0.4, 0.5) is 5.69 Å². The molecule has 5 nitrogen and oxygen atoms in total. The second kappa shape index (κ2) is 10.0. The molecule has 0 bridgehead atoms. The van der Waals surface area contributed by atoms with Crippen LogP contribution in [0.1, 0.15) is 45.1 Å². The van der Waals surface area contributed by atoms with Gasteiger partial charge in [0.05, 0.1) is 16.8 Å². The number of rotatable bonds is 5. The zero-order chi connectivity index (χ0) is 24.4. The number of halogens is 1. The second-order valence-corrected chi connectivity index (χ2v) is 9.74. The minimum Gasteiger partial charge on any atom is -0.452 e. The van der Waals surface area contributed by atoms with Crippen molar-refractivity contribution in [1.82, 2.24) is 4.98 Å². The number of hydrogen-bond donors (Lipinski definition) is 1. The van der Waals surface area contributed by atoms with Crippen molar-refractivity contribution in [3.63, 3.8) is 0 Å². The Kier molecular flexibility index (Phi) is 6.64. The first-order valence-electron chi connectivity index (χ1n) is 11.7. The number of anilines is 1. The molecule has 6 heteroatoms. The molecule has 3 aromatic carbocycles. The molecule has 4 aromatic rings. The molecule has 0 spiro atoms. The van der Waals surface area contributed by atoms with Gasteiger partial charge in [0, 0.05) is 15.6 Å². The average Bonchev–Trinajstić information content (AvgIpc) is 2.87. The van der Waals surface area contributed by atoms with E-state index in [0.29, 0.717) is 23.6 Å². The van der Waals surface area contributed by atoms with Crippen molar-refractivity contribution in [2.24, 2.45) is 0 Å². The fourth-order valence-corrected chi connectivity index (χ4v) is 5.33. The highest BCUT2D eigenvalue weighted by Gasteiger charge is 2.28. The summed E-state index contributed by atoms with van der Waals surface area (Å²) in [6.07, 6.45) is 2.48. The van der Waals surface area contributed by atoms with Crippen molar-refractivity contribution in [3.05, 3.63) is 105 Å². The Morgan fingerprint density at radius 3 is 2.63 bits per heavy atom. The fraction of sp³-hybridized carbons (Fsp3) is 0.207. The zero-order valence-corrected chi connectivity index (χ0v) is 21.0. The number of carbonyl (C=O) groups excluding carboxylic acids is 2. The molecule has 0 radical (unpaired) electrons. The third-order valence-corrected chi connectivity index (χ3v) is 7.12. The van der Waals surface area contributed by atoms with Crippen LogP contribution >= 0.6 is 15.9 Å². The van der Waals surface area contributed by atoms with Gasteiger partial charge in [0.15, 0.2) is 6.61 Å². The highest BCUT2D eigenvalue weighted by atomic mass is 79.9. The zero-order valence-electron chi connectivity index (χ0n) is 19.4. The molecule has 35 heavy (non-hydrogen) atoms. The number of ether oxygens (including phenoxy) is 1. The molecule has 1 unspecified atom stereocenters. The van der Waals surface area contributed by atoms with Gasteiger partial charge < -0.3 is 10.1 Å². The van der Waals surface area contributed by atoms with Gasteiger partial charge in [0.25, 0.3) is 5.91 Å². The largest absolute Gasteiger partial charge is 0.452 e. The Bertz CT molecular complexity index is 1420. The van der Waals surface area contributed by atoms with Crippen LogP contribution in [0, 0.1) is 6.92 Å². The standard InChI is InChI=1S/C29H25BrN2O3/c1-18-11-13-26(23(30)15-18)32-27(33)17-35-29(34)28-21-9-5-6-10-24(21)31-25-14-12-20(16-22(25)28)19-7-3-2-4-8-19/h2-11,13,15,20H,12,14,16-17H2,1H3,(H,32,33). The first kappa shape index (κ1) is 23.2. The molecular weight excluding hydrogens is 504 g/mol. The fourth-order valence-electron chi connectivity index (χ4n) is 4.74. The third-order valence-electron chi connectivity index (χ3n) is 6.47. The molecule has 0 aliphatic heterocycles. The molecule has 1 amide bonds. The lowest BCUT2D eigenvalue weighted by Gasteiger charge is -2.27. The second-order valence-electron chi connectivity index (χ2n) is 8.89. The van der Waals surface area contributed by atoms with E-state index in [4.69, 9.17) is 9.72 Å². The number of esters is 1. The Morgan fingerprint density at radius 2 is 1.83 bits per heavy atom. The molecule has 1 atom stereocenters. The summed E-state index contributed by atoms with van der Waals surface area (Å²) in [7, 11) is 0. The van der Waals surface area contributed by atoms with Crippen molar-refractivity contribution in [2.75, 3.05) is 11.9 Å². The van der Waals surface area contributed by atoms with Gasteiger partial charge in [-0.25, -0.2) is 4.79 Å². The monoisotopic (exact) mass is 528 g/mol. The van der Waals surface area contributed by atoms with Crippen LogP contribution in [-0.4, -0.2) is 23.5 Å². The van der Waals surface area contributed by atoms with Crippen molar-refractivity contribution < 1.29 is 14.3 Å². The Hall–Kier alpha value is -3.51. The van der Waals surface area contributed by atoms with Gasteiger partial charge in [-0.1, -0.05) is 54.6 Å². The van der Waals surface area contributed by atoms with E-state index in [1.54, 1.807) is 0 Å². The van der Waals surface area contributed by atoms with E-state index in [1.807, 2.05) is 67.6 Å². The van der Waals surface area contributed by atoms with Gasteiger partial charge in [0.1, 0.15) is 0 Å². The van der Waals surface area contributed by atoms with E-state index in [-0.39, 0.29) is 6.61 Å². The molecule has 0 saturated carbocycles. The SMILES string of the molecule is Cc1ccc(NC(=O)COC(=O)c2c3c(nc4ccccc24)CCC(c2ccccc2)C3)c(Br)c1. The number of carbonyl (C=O) groups is 2. The van der Waals surface area contributed by atoms with E-state index in [9.17, 15) is 9.59 Å². The van der Waals surface area contributed by atoms with Crippen LogP contribution < -0.4 is 5.32 Å². The lowest BCUT2D eigenvalue weighted by molar-refractivity contribution is -0.119. The first-order chi connectivity index (χ1) is 17.0. The molecule has 1 aliphatic rings. The highest BCUT2D eigenvalue weighted by molar-refractivity contribution is 9.10. The van der Waals surface area contributed by atoms with E-state index in [1.165, 1.54) is 5.56 Å². The van der Waals surface area contributed by atoms with Crippen molar-refractivity contribution in [3.8, 4) is 0 Å². The van der Waals surface area contributed by atoms with Crippen molar-refractivity contribution in [2.45, 2.75) is 32.1 Å². The van der Waals surface area contributed by atoms with Crippen LogP contribution in [0.2, 0.25) is 0 Å². The lowest BCUT2D eigenvalue weighted by Crippen LogP contribution is -2.24. The number of aromatic nitrogens is 1. The molecule has 1 aromatic heterocycles. The number of nitrogens with one attached hydrogen (secondary N) is 1. The summed E-state index contributed by atoms with van der Waals surface area (Å²) in [5.41, 5.74) is 6.12. The Morgan fingerprint density at radius 1 is 1.06 bits per heavy atom. The Labute approximate surface area is 212 Å². The number of amides is 1. The van der Waals surface area contributed by atoms with Crippen LogP contribution in [0.25, 0.3) is 10.9 Å². The quantitative estimate of drug-likeness (QED) is 0.305. The van der Waals surface area contributed by atoms with Gasteiger partial charge in [-0.3, -0.25) is 9.78 Å². The van der Waals surface area contributed by atoms with Crippen molar-refractivity contribution in [1.29, 1.82) is 0 Å². The smallest absolute Gasteiger partial charge is 0.339 e. The van der Waals surface area contributed by atoms with Crippen molar-refractivity contribution >= 4 is 44.4 Å². The minimum absolute atomic E-state index is 0.306. The van der Waals surface area contributed by atoms with Gasteiger partial charge in [-0.2, -0.15) is 0 Å². The van der Waals surface area contributed by atoms with Crippen LogP contribution in [0.3, 0.4) is 0 Å². The number of benzene rings is 3. The Balaban J connectivity index is 1.41. The summed E-state index contributed by atoms with van der Waals surface area (Å²) in [4.78, 5) is 30.8. The molecule has 0 fully saturated rings. The maximum absolute atomic E-state index is 13.4. The number of fused-ring (bicyclic) bond motifs is 2. The lowest BCUT2D eigenvalue weighted by atomic mass is 9.80. The van der Waals surface area contributed by atoms with Gasteiger partial charge in [0.2, 0.25) is 0 Å². The topological polar surface area (TPSA) is 68.3 Å². The summed E-state index contributed by atoms with van der Waals surface area (Å²) in [5.74, 6) is -0.579. The number of nitrogens with zero attached hydrogens (tertiary/aromatic N) is 1. The predicted molar refractivity (Wildman–Crippen MR) is 141 cm³/mol. The third kappa shape index (κ3) is 4.98. The molecule has 1 N–H and O–H groups in total. The summed E-state index contributed by atoms with van der Waals surface area (Å²) >= 11 is 3.46. The number of aryl methyl sites for hydroxylation is 2. The molecule has 1 aliphatic carbocycles.